The molecule has 5 heteroatoms. The van der Waals surface area contributed by atoms with E-state index in [4.69, 9.17) is 0 Å². The fraction of sp³-hybridized carbons (Fsp3) is 0.353. The first-order valence-electron chi connectivity index (χ1n) is 7.72. The minimum Gasteiger partial charge on any atom is -0.371 e. The SMILES string of the molecule is O=C(NCc1ccccn1)c1cc(N2CCCCC2)ccn1. The second-order valence-corrected chi connectivity index (χ2v) is 5.45. The zero-order valence-electron chi connectivity index (χ0n) is 12.5. The Morgan fingerprint density at radius 1 is 1.09 bits per heavy atom. The lowest BCUT2D eigenvalue weighted by atomic mass is 10.1. The molecule has 0 spiro atoms. The lowest BCUT2D eigenvalue weighted by Crippen LogP contribution is -2.30. The van der Waals surface area contributed by atoms with Crippen LogP contribution in [0.4, 0.5) is 5.69 Å². The van der Waals surface area contributed by atoms with E-state index in [9.17, 15) is 4.79 Å². The van der Waals surface area contributed by atoms with Crippen molar-refractivity contribution in [3.63, 3.8) is 0 Å². The van der Waals surface area contributed by atoms with Crippen molar-refractivity contribution in [3.05, 3.63) is 54.1 Å². The number of nitrogens with zero attached hydrogens (tertiary/aromatic N) is 3. The van der Waals surface area contributed by atoms with Gasteiger partial charge in [0, 0.05) is 31.2 Å². The Morgan fingerprint density at radius 3 is 2.73 bits per heavy atom. The summed E-state index contributed by atoms with van der Waals surface area (Å²) in [5, 5.41) is 2.86. The Labute approximate surface area is 130 Å². The third-order valence-electron chi connectivity index (χ3n) is 3.85. The number of anilines is 1. The Morgan fingerprint density at radius 2 is 1.95 bits per heavy atom. The molecule has 5 nitrogen and oxygen atoms in total. The van der Waals surface area contributed by atoms with E-state index in [1.165, 1.54) is 19.3 Å². The molecule has 2 aromatic rings. The number of pyridine rings is 2. The number of hydrogen-bond donors (Lipinski definition) is 1. The summed E-state index contributed by atoms with van der Waals surface area (Å²) < 4.78 is 0. The predicted molar refractivity (Wildman–Crippen MR) is 85.7 cm³/mol. The molecule has 2 aromatic heterocycles. The highest BCUT2D eigenvalue weighted by atomic mass is 16.1. The topological polar surface area (TPSA) is 58.1 Å². The second-order valence-electron chi connectivity index (χ2n) is 5.45. The predicted octanol–water partition coefficient (Wildman–Crippen LogP) is 2.40. The molecule has 0 radical (unpaired) electrons. The molecule has 0 aliphatic carbocycles. The molecule has 3 heterocycles. The number of piperidine rings is 1. The van der Waals surface area contributed by atoms with Crippen LogP contribution in [0.25, 0.3) is 0 Å². The van der Waals surface area contributed by atoms with Gasteiger partial charge in [-0.3, -0.25) is 14.8 Å². The van der Waals surface area contributed by atoms with Crippen molar-refractivity contribution in [1.82, 2.24) is 15.3 Å². The molecule has 0 saturated carbocycles. The van der Waals surface area contributed by atoms with Gasteiger partial charge in [-0.2, -0.15) is 0 Å². The first kappa shape index (κ1) is 14.5. The number of hydrogen-bond acceptors (Lipinski definition) is 4. The second kappa shape index (κ2) is 7.02. The van der Waals surface area contributed by atoms with E-state index in [0.29, 0.717) is 12.2 Å². The average molecular weight is 296 g/mol. The fourth-order valence-corrected chi connectivity index (χ4v) is 2.66. The first-order valence-corrected chi connectivity index (χ1v) is 7.72. The van der Waals surface area contributed by atoms with Gasteiger partial charge in [0.1, 0.15) is 5.69 Å². The van der Waals surface area contributed by atoms with Crippen molar-refractivity contribution in [1.29, 1.82) is 0 Å². The zero-order chi connectivity index (χ0) is 15.2. The van der Waals surface area contributed by atoms with Crippen molar-refractivity contribution in [2.75, 3.05) is 18.0 Å². The van der Waals surface area contributed by atoms with Crippen LogP contribution < -0.4 is 10.2 Å². The molecule has 3 rings (SSSR count). The quantitative estimate of drug-likeness (QED) is 0.941. The van der Waals surface area contributed by atoms with Crippen LogP contribution >= 0.6 is 0 Å². The molecular weight excluding hydrogens is 276 g/mol. The molecular formula is C17H20N4O. The van der Waals surface area contributed by atoms with Gasteiger partial charge < -0.3 is 10.2 Å². The smallest absolute Gasteiger partial charge is 0.270 e. The lowest BCUT2D eigenvalue weighted by molar-refractivity contribution is 0.0945. The van der Waals surface area contributed by atoms with Crippen molar-refractivity contribution >= 4 is 11.6 Å². The highest BCUT2D eigenvalue weighted by molar-refractivity contribution is 5.93. The fourth-order valence-electron chi connectivity index (χ4n) is 2.66. The Hall–Kier alpha value is -2.43. The van der Waals surface area contributed by atoms with Gasteiger partial charge in [0.2, 0.25) is 0 Å². The highest BCUT2D eigenvalue weighted by Gasteiger charge is 2.14. The number of aromatic nitrogens is 2. The number of rotatable bonds is 4. The van der Waals surface area contributed by atoms with E-state index < -0.39 is 0 Å². The van der Waals surface area contributed by atoms with Gasteiger partial charge in [-0.15, -0.1) is 0 Å². The summed E-state index contributed by atoms with van der Waals surface area (Å²) in [6.07, 6.45) is 7.14. The largest absolute Gasteiger partial charge is 0.371 e. The van der Waals surface area contributed by atoms with E-state index in [0.717, 1.165) is 24.5 Å². The number of carbonyl (C=O) groups is 1. The van der Waals surface area contributed by atoms with Crippen LogP contribution in [0.3, 0.4) is 0 Å². The van der Waals surface area contributed by atoms with Crippen molar-refractivity contribution in [2.45, 2.75) is 25.8 Å². The Balaban J connectivity index is 1.64. The third-order valence-corrected chi connectivity index (χ3v) is 3.85. The molecule has 0 aromatic carbocycles. The normalized spacial score (nSPS) is 14.6. The van der Waals surface area contributed by atoms with Gasteiger partial charge >= 0.3 is 0 Å². The van der Waals surface area contributed by atoms with Crippen LogP contribution in [-0.2, 0) is 6.54 Å². The van der Waals surface area contributed by atoms with Gasteiger partial charge in [0.15, 0.2) is 0 Å². The summed E-state index contributed by atoms with van der Waals surface area (Å²) in [4.78, 5) is 22.9. The van der Waals surface area contributed by atoms with E-state index in [1.807, 2.05) is 30.3 Å². The molecule has 1 aliphatic rings. The maximum atomic E-state index is 12.2. The van der Waals surface area contributed by atoms with Crippen LogP contribution in [0.1, 0.15) is 35.4 Å². The van der Waals surface area contributed by atoms with E-state index >= 15 is 0 Å². The molecule has 1 amide bonds. The average Bonchev–Trinajstić information content (AvgIpc) is 2.61. The number of amides is 1. The lowest BCUT2D eigenvalue weighted by Gasteiger charge is -2.28. The maximum Gasteiger partial charge on any atom is 0.270 e. The summed E-state index contributed by atoms with van der Waals surface area (Å²) in [6.45, 7) is 2.52. The molecule has 1 aliphatic heterocycles. The standard InChI is InChI=1S/C17H20N4O/c22-17(20-13-14-6-2-3-8-18-14)16-12-15(7-9-19-16)21-10-4-1-5-11-21/h2-3,6-9,12H,1,4-5,10-11,13H2,(H,20,22). The van der Waals surface area contributed by atoms with Crippen molar-refractivity contribution in [3.8, 4) is 0 Å². The van der Waals surface area contributed by atoms with Gasteiger partial charge in [-0.05, 0) is 43.5 Å². The van der Waals surface area contributed by atoms with Crippen molar-refractivity contribution in [2.24, 2.45) is 0 Å². The minimum absolute atomic E-state index is 0.162. The van der Waals surface area contributed by atoms with Crippen molar-refractivity contribution < 1.29 is 4.79 Å². The van der Waals surface area contributed by atoms with E-state index in [2.05, 4.69) is 20.2 Å². The monoisotopic (exact) mass is 296 g/mol. The Bertz CT molecular complexity index is 624. The van der Waals surface area contributed by atoms with Crippen LogP contribution in [0, 0.1) is 0 Å². The molecule has 0 bridgehead atoms. The molecule has 0 unspecified atom stereocenters. The maximum absolute atomic E-state index is 12.2. The highest BCUT2D eigenvalue weighted by Crippen LogP contribution is 2.19. The summed E-state index contributed by atoms with van der Waals surface area (Å²) in [6, 6.07) is 9.50. The summed E-state index contributed by atoms with van der Waals surface area (Å²) >= 11 is 0. The molecule has 114 valence electrons. The summed E-state index contributed by atoms with van der Waals surface area (Å²) in [7, 11) is 0. The zero-order valence-corrected chi connectivity index (χ0v) is 12.5. The van der Waals surface area contributed by atoms with E-state index in [-0.39, 0.29) is 5.91 Å². The number of nitrogens with one attached hydrogen (secondary N) is 1. The van der Waals surface area contributed by atoms with Crippen LogP contribution in [0.5, 0.6) is 0 Å². The van der Waals surface area contributed by atoms with Gasteiger partial charge in [0.25, 0.3) is 5.91 Å². The molecule has 1 saturated heterocycles. The van der Waals surface area contributed by atoms with Crippen LogP contribution in [-0.4, -0.2) is 29.0 Å². The summed E-state index contributed by atoms with van der Waals surface area (Å²) in [5.41, 5.74) is 2.37. The third kappa shape index (κ3) is 3.61. The van der Waals surface area contributed by atoms with Crippen LogP contribution in [0.2, 0.25) is 0 Å². The first-order chi connectivity index (χ1) is 10.8. The van der Waals surface area contributed by atoms with Gasteiger partial charge in [-0.25, -0.2) is 0 Å². The minimum atomic E-state index is -0.162. The molecule has 0 atom stereocenters. The van der Waals surface area contributed by atoms with Crippen LogP contribution in [0.15, 0.2) is 42.7 Å². The molecule has 22 heavy (non-hydrogen) atoms. The Kier molecular flexibility index (Phi) is 4.63. The summed E-state index contributed by atoms with van der Waals surface area (Å²) in [5.74, 6) is -0.162. The van der Waals surface area contributed by atoms with Gasteiger partial charge in [0.05, 0.1) is 12.2 Å². The number of carbonyl (C=O) groups excluding carboxylic acids is 1. The van der Waals surface area contributed by atoms with E-state index in [1.54, 1.807) is 12.4 Å². The molecule has 1 N–H and O–H groups in total. The molecule has 1 fully saturated rings. The van der Waals surface area contributed by atoms with Gasteiger partial charge in [-0.1, -0.05) is 6.07 Å².